The van der Waals surface area contributed by atoms with Crippen LogP contribution in [0.3, 0.4) is 0 Å². The molecule has 0 saturated heterocycles. The van der Waals surface area contributed by atoms with Crippen molar-refractivity contribution in [2.24, 2.45) is 0 Å². The van der Waals surface area contributed by atoms with Crippen LogP contribution in [0.1, 0.15) is 12.8 Å². The molecule has 1 rings (SSSR count). The van der Waals surface area contributed by atoms with Crippen LogP contribution in [0.4, 0.5) is 0 Å². The Hall–Kier alpha value is 0.440. The molecule has 0 saturated carbocycles. The van der Waals surface area contributed by atoms with E-state index in [2.05, 4.69) is 37.4 Å². The highest BCUT2D eigenvalue weighted by Crippen LogP contribution is 2.18. The summed E-state index contributed by atoms with van der Waals surface area (Å²) in [6.45, 7) is 0. The maximum atomic E-state index is 4.28. The van der Waals surface area contributed by atoms with E-state index in [0.717, 1.165) is 0 Å². The average molecular weight is 146 g/mol. The zero-order chi connectivity index (χ0) is 5.98. The lowest BCUT2D eigenvalue weighted by Gasteiger charge is -2.14. The summed E-state index contributed by atoms with van der Waals surface area (Å²) >= 11 is 8.56. The van der Waals surface area contributed by atoms with E-state index in [0.29, 0.717) is 10.5 Å². The predicted molar refractivity (Wildman–Crippen MR) is 43.9 cm³/mol. The van der Waals surface area contributed by atoms with E-state index in [4.69, 9.17) is 0 Å². The van der Waals surface area contributed by atoms with Gasteiger partial charge in [-0.25, -0.2) is 0 Å². The Morgan fingerprint density at radius 1 is 1.00 bits per heavy atom. The largest absolute Gasteiger partial charge is 0.172 e. The molecule has 0 aromatic rings. The Balaban J connectivity index is 2.42. The smallest absolute Gasteiger partial charge is 0.0197 e. The highest BCUT2D eigenvalue weighted by atomic mass is 32.1. The minimum Gasteiger partial charge on any atom is -0.172 e. The quantitative estimate of drug-likeness (QED) is 0.379. The van der Waals surface area contributed by atoms with Crippen molar-refractivity contribution in [2.45, 2.75) is 23.3 Å². The third kappa shape index (κ3) is 1.75. The van der Waals surface area contributed by atoms with Gasteiger partial charge in [0, 0.05) is 10.5 Å². The van der Waals surface area contributed by atoms with Crippen LogP contribution in [0.15, 0.2) is 12.2 Å². The fraction of sp³-hybridized carbons (Fsp3) is 0.667. The molecule has 0 bridgehead atoms. The van der Waals surface area contributed by atoms with E-state index in [1.54, 1.807) is 0 Å². The third-order valence-electron chi connectivity index (χ3n) is 1.31. The summed E-state index contributed by atoms with van der Waals surface area (Å²) in [6.07, 6.45) is 6.58. The second-order valence-electron chi connectivity index (χ2n) is 2.10. The minimum absolute atomic E-state index is 0.485. The molecule has 0 aromatic carbocycles. The molecule has 0 aliphatic heterocycles. The molecule has 0 fully saturated rings. The summed E-state index contributed by atoms with van der Waals surface area (Å²) in [5, 5.41) is 0.969. The van der Waals surface area contributed by atoms with Gasteiger partial charge in [0.2, 0.25) is 0 Å². The van der Waals surface area contributed by atoms with E-state index >= 15 is 0 Å². The first-order valence-electron chi connectivity index (χ1n) is 2.83. The van der Waals surface area contributed by atoms with Crippen LogP contribution in [-0.2, 0) is 0 Å². The number of hydrogen-bond donors (Lipinski definition) is 2. The zero-order valence-electron chi connectivity index (χ0n) is 4.62. The summed E-state index contributed by atoms with van der Waals surface area (Å²) in [6, 6.07) is 0. The van der Waals surface area contributed by atoms with Crippen LogP contribution in [0.25, 0.3) is 0 Å². The lowest BCUT2D eigenvalue weighted by Crippen LogP contribution is -2.06. The van der Waals surface area contributed by atoms with Crippen LogP contribution >= 0.6 is 25.3 Å². The molecule has 0 aromatic heterocycles. The van der Waals surface area contributed by atoms with Crippen LogP contribution < -0.4 is 0 Å². The van der Waals surface area contributed by atoms with Gasteiger partial charge in [-0.15, -0.1) is 0 Å². The van der Waals surface area contributed by atoms with E-state index in [1.165, 1.54) is 12.8 Å². The lowest BCUT2D eigenvalue weighted by atomic mass is 10.1. The first-order chi connectivity index (χ1) is 3.79. The van der Waals surface area contributed by atoms with E-state index < -0.39 is 0 Å². The van der Waals surface area contributed by atoms with Gasteiger partial charge in [0.1, 0.15) is 0 Å². The van der Waals surface area contributed by atoms with Gasteiger partial charge in [-0.2, -0.15) is 25.3 Å². The maximum Gasteiger partial charge on any atom is 0.0197 e. The van der Waals surface area contributed by atoms with Crippen LogP contribution in [0.2, 0.25) is 0 Å². The molecule has 0 amide bonds. The van der Waals surface area contributed by atoms with Gasteiger partial charge in [-0.3, -0.25) is 0 Å². The maximum absolute atomic E-state index is 4.28. The van der Waals surface area contributed by atoms with Gasteiger partial charge in [0.05, 0.1) is 0 Å². The van der Waals surface area contributed by atoms with Gasteiger partial charge >= 0.3 is 0 Å². The SMILES string of the molecule is S[C@@H]1C=C[C@H](S)CC1. The molecule has 46 valence electrons. The fourth-order valence-electron chi connectivity index (χ4n) is 0.790. The van der Waals surface area contributed by atoms with Crippen molar-refractivity contribution < 1.29 is 0 Å². The second kappa shape index (κ2) is 2.83. The Morgan fingerprint density at radius 2 is 1.38 bits per heavy atom. The van der Waals surface area contributed by atoms with Crippen molar-refractivity contribution in [3.8, 4) is 0 Å². The van der Waals surface area contributed by atoms with Gasteiger partial charge in [0.25, 0.3) is 0 Å². The van der Waals surface area contributed by atoms with Crippen molar-refractivity contribution >= 4 is 25.3 Å². The van der Waals surface area contributed by atoms with Gasteiger partial charge in [0.15, 0.2) is 0 Å². The molecule has 1 aliphatic carbocycles. The number of rotatable bonds is 0. The molecular weight excluding hydrogens is 136 g/mol. The van der Waals surface area contributed by atoms with Crippen LogP contribution in [0, 0.1) is 0 Å². The summed E-state index contributed by atoms with van der Waals surface area (Å²) in [7, 11) is 0. The molecule has 1 aliphatic rings. The lowest BCUT2D eigenvalue weighted by molar-refractivity contribution is 0.758. The van der Waals surface area contributed by atoms with Crippen molar-refractivity contribution in [1.29, 1.82) is 0 Å². The molecule has 2 heteroatoms. The second-order valence-corrected chi connectivity index (χ2v) is 3.42. The molecule has 0 radical (unpaired) electrons. The summed E-state index contributed by atoms with van der Waals surface area (Å²) in [4.78, 5) is 0. The molecule has 8 heavy (non-hydrogen) atoms. The van der Waals surface area contributed by atoms with Crippen molar-refractivity contribution in [3.05, 3.63) is 12.2 Å². The molecule has 0 heterocycles. The number of hydrogen-bond acceptors (Lipinski definition) is 2. The van der Waals surface area contributed by atoms with Crippen LogP contribution in [0.5, 0.6) is 0 Å². The van der Waals surface area contributed by atoms with Gasteiger partial charge in [-0.05, 0) is 12.8 Å². The van der Waals surface area contributed by atoms with Crippen LogP contribution in [-0.4, -0.2) is 10.5 Å². The predicted octanol–water partition coefficient (Wildman–Crippen LogP) is 1.93. The topological polar surface area (TPSA) is 0 Å². The normalized spacial score (nSPS) is 37.8. The highest BCUT2D eigenvalue weighted by Gasteiger charge is 2.07. The fourth-order valence-corrected chi connectivity index (χ4v) is 1.29. The monoisotopic (exact) mass is 146 g/mol. The molecule has 0 spiro atoms. The van der Waals surface area contributed by atoms with E-state index in [-0.39, 0.29) is 0 Å². The van der Waals surface area contributed by atoms with Crippen molar-refractivity contribution in [2.75, 3.05) is 0 Å². The Labute approximate surface area is 61.2 Å². The zero-order valence-corrected chi connectivity index (χ0v) is 6.41. The molecule has 0 unspecified atom stereocenters. The number of thiol groups is 2. The third-order valence-corrected chi connectivity index (χ3v) is 2.17. The first kappa shape index (κ1) is 6.56. The van der Waals surface area contributed by atoms with Crippen molar-refractivity contribution in [1.82, 2.24) is 0 Å². The Bertz CT molecular complexity index is 86.7. The standard InChI is InChI=1S/C6H10S2/c7-5-1-2-6(8)4-3-5/h1-2,5-8H,3-4H2/t5-,6+. The summed E-state index contributed by atoms with van der Waals surface area (Å²) < 4.78 is 0. The average Bonchev–Trinajstić information content (AvgIpc) is 1.77. The molecule has 0 N–H and O–H groups in total. The minimum atomic E-state index is 0.485. The van der Waals surface area contributed by atoms with E-state index in [1.807, 2.05) is 0 Å². The van der Waals surface area contributed by atoms with Gasteiger partial charge in [-0.1, -0.05) is 12.2 Å². The molecular formula is C6H10S2. The first-order valence-corrected chi connectivity index (χ1v) is 3.87. The Morgan fingerprint density at radius 3 is 1.62 bits per heavy atom. The summed E-state index contributed by atoms with van der Waals surface area (Å²) in [5.41, 5.74) is 0. The van der Waals surface area contributed by atoms with Crippen molar-refractivity contribution in [3.63, 3.8) is 0 Å². The Kier molecular flexibility index (Phi) is 2.32. The highest BCUT2D eigenvalue weighted by molar-refractivity contribution is 7.81. The van der Waals surface area contributed by atoms with E-state index in [9.17, 15) is 0 Å². The summed E-state index contributed by atoms with van der Waals surface area (Å²) in [5.74, 6) is 0. The van der Waals surface area contributed by atoms with Gasteiger partial charge < -0.3 is 0 Å². The molecule has 2 atom stereocenters. The molecule has 0 nitrogen and oxygen atoms in total.